The van der Waals surface area contributed by atoms with Gasteiger partial charge in [0.15, 0.2) is 5.82 Å². The van der Waals surface area contributed by atoms with Crippen molar-refractivity contribution < 1.29 is 4.74 Å². The molecule has 0 unspecified atom stereocenters. The number of aromatic nitrogens is 4. The summed E-state index contributed by atoms with van der Waals surface area (Å²) in [5.41, 5.74) is 7.47. The fourth-order valence-electron chi connectivity index (χ4n) is 1.84. The SMILES string of the molecule is CCCCn1nnnc1-c1ccc(OCC)c(N)c1. The predicted molar refractivity (Wildman–Crippen MR) is 73.7 cm³/mol. The van der Waals surface area contributed by atoms with Gasteiger partial charge >= 0.3 is 0 Å². The van der Waals surface area contributed by atoms with E-state index in [9.17, 15) is 0 Å². The zero-order valence-electron chi connectivity index (χ0n) is 11.3. The van der Waals surface area contributed by atoms with Gasteiger partial charge in [0.2, 0.25) is 0 Å². The highest BCUT2D eigenvalue weighted by Crippen LogP contribution is 2.27. The minimum absolute atomic E-state index is 0.595. The lowest BCUT2D eigenvalue weighted by Gasteiger charge is -2.09. The quantitative estimate of drug-likeness (QED) is 0.806. The Bertz CT molecular complexity index is 538. The second-order valence-corrected chi connectivity index (χ2v) is 4.26. The van der Waals surface area contributed by atoms with Crippen LogP contribution in [0.4, 0.5) is 5.69 Å². The summed E-state index contributed by atoms with van der Waals surface area (Å²) < 4.78 is 7.22. The van der Waals surface area contributed by atoms with E-state index >= 15 is 0 Å². The van der Waals surface area contributed by atoms with Gasteiger partial charge in [0.1, 0.15) is 5.75 Å². The summed E-state index contributed by atoms with van der Waals surface area (Å²) >= 11 is 0. The van der Waals surface area contributed by atoms with Gasteiger partial charge in [0.25, 0.3) is 0 Å². The van der Waals surface area contributed by atoms with Crippen LogP contribution in [0.3, 0.4) is 0 Å². The van der Waals surface area contributed by atoms with E-state index in [1.54, 1.807) is 4.68 Å². The Hall–Kier alpha value is -2.11. The Morgan fingerprint density at radius 3 is 2.84 bits per heavy atom. The number of rotatable bonds is 6. The molecule has 102 valence electrons. The van der Waals surface area contributed by atoms with Crippen LogP contribution in [-0.4, -0.2) is 26.8 Å². The topological polar surface area (TPSA) is 78.8 Å². The number of unbranched alkanes of at least 4 members (excludes halogenated alkanes) is 1. The first-order valence-corrected chi connectivity index (χ1v) is 6.55. The molecule has 0 atom stereocenters. The number of nitrogens with zero attached hydrogens (tertiary/aromatic N) is 4. The third-order valence-corrected chi connectivity index (χ3v) is 2.82. The average molecular weight is 261 g/mol. The van der Waals surface area contributed by atoms with Crippen LogP contribution in [0.1, 0.15) is 26.7 Å². The molecule has 0 aliphatic heterocycles. The van der Waals surface area contributed by atoms with Crippen LogP contribution in [0.5, 0.6) is 5.75 Å². The molecule has 19 heavy (non-hydrogen) atoms. The Kier molecular flexibility index (Phi) is 4.33. The molecule has 0 saturated heterocycles. The van der Waals surface area contributed by atoms with Crippen molar-refractivity contribution >= 4 is 5.69 Å². The van der Waals surface area contributed by atoms with Crippen LogP contribution in [0, 0.1) is 0 Å². The van der Waals surface area contributed by atoms with E-state index in [4.69, 9.17) is 10.5 Å². The fourth-order valence-corrected chi connectivity index (χ4v) is 1.84. The van der Waals surface area contributed by atoms with E-state index in [-0.39, 0.29) is 0 Å². The molecule has 6 heteroatoms. The van der Waals surface area contributed by atoms with Crippen LogP contribution in [-0.2, 0) is 6.54 Å². The lowest BCUT2D eigenvalue weighted by atomic mass is 10.1. The number of nitrogens with two attached hydrogens (primary N) is 1. The number of ether oxygens (including phenoxy) is 1. The van der Waals surface area contributed by atoms with Gasteiger partial charge in [-0.25, -0.2) is 4.68 Å². The molecule has 0 radical (unpaired) electrons. The number of anilines is 1. The number of tetrazole rings is 1. The summed E-state index contributed by atoms with van der Waals surface area (Å²) in [6.45, 7) is 5.47. The van der Waals surface area contributed by atoms with E-state index in [0.29, 0.717) is 18.0 Å². The lowest BCUT2D eigenvalue weighted by molar-refractivity contribution is 0.342. The standard InChI is InChI=1S/C13H19N5O/c1-3-5-8-18-13(15-16-17-18)10-6-7-12(19-4-2)11(14)9-10/h6-7,9H,3-5,8,14H2,1-2H3. The summed E-state index contributed by atoms with van der Waals surface area (Å²) in [5.74, 6) is 1.43. The molecule has 6 nitrogen and oxygen atoms in total. The van der Waals surface area contributed by atoms with E-state index in [0.717, 1.165) is 30.8 Å². The van der Waals surface area contributed by atoms with Crippen molar-refractivity contribution in [3.8, 4) is 17.1 Å². The second-order valence-electron chi connectivity index (χ2n) is 4.26. The Morgan fingerprint density at radius 2 is 2.16 bits per heavy atom. The van der Waals surface area contributed by atoms with Gasteiger partial charge in [-0.15, -0.1) is 5.10 Å². The van der Waals surface area contributed by atoms with Gasteiger partial charge in [0, 0.05) is 12.1 Å². The van der Waals surface area contributed by atoms with Gasteiger partial charge < -0.3 is 10.5 Å². The average Bonchev–Trinajstić information content (AvgIpc) is 2.87. The van der Waals surface area contributed by atoms with Crippen molar-refractivity contribution in [1.82, 2.24) is 20.2 Å². The fraction of sp³-hybridized carbons (Fsp3) is 0.462. The van der Waals surface area contributed by atoms with Gasteiger partial charge in [-0.3, -0.25) is 0 Å². The molecule has 0 fully saturated rings. The molecule has 1 aromatic heterocycles. The smallest absolute Gasteiger partial charge is 0.182 e. The first-order valence-electron chi connectivity index (χ1n) is 6.55. The van der Waals surface area contributed by atoms with Gasteiger partial charge in [-0.05, 0) is 42.0 Å². The predicted octanol–water partition coefficient (Wildman–Crippen LogP) is 2.12. The summed E-state index contributed by atoms with van der Waals surface area (Å²) in [6, 6.07) is 5.63. The number of hydrogen-bond acceptors (Lipinski definition) is 5. The second kappa shape index (κ2) is 6.17. The minimum atomic E-state index is 0.595. The molecule has 0 aliphatic rings. The molecule has 0 bridgehead atoms. The van der Waals surface area contributed by atoms with Crippen LogP contribution in [0.15, 0.2) is 18.2 Å². The zero-order valence-corrected chi connectivity index (χ0v) is 11.3. The highest BCUT2D eigenvalue weighted by atomic mass is 16.5. The highest BCUT2D eigenvalue weighted by Gasteiger charge is 2.10. The van der Waals surface area contributed by atoms with Crippen molar-refractivity contribution in [2.75, 3.05) is 12.3 Å². The summed E-state index contributed by atoms with van der Waals surface area (Å²) in [4.78, 5) is 0. The van der Waals surface area contributed by atoms with Gasteiger partial charge in [-0.2, -0.15) is 0 Å². The summed E-state index contributed by atoms with van der Waals surface area (Å²) in [6.07, 6.45) is 2.15. The van der Waals surface area contributed by atoms with Crippen LogP contribution in [0.25, 0.3) is 11.4 Å². The molecule has 0 amide bonds. The zero-order chi connectivity index (χ0) is 13.7. The molecule has 2 aromatic rings. The lowest BCUT2D eigenvalue weighted by Crippen LogP contribution is -2.03. The van der Waals surface area contributed by atoms with E-state index in [1.807, 2.05) is 25.1 Å². The summed E-state index contributed by atoms with van der Waals surface area (Å²) in [7, 11) is 0. The monoisotopic (exact) mass is 261 g/mol. The van der Waals surface area contributed by atoms with Crippen LogP contribution >= 0.6 is 0 Å². The maximum Gasteiger partial charge on any atom is 0.182 e. The number of aryl methyl sites for hydroxylation is 1. The van der Waals surface area contributed by atoms with Crippen molar-refractivity contribution in [2.45, 2.75) is 33.2 Å². The van der Waals surface area contributed by atoms with Crippen molar-refractivity contribution in [2.24, 2.45) is 0 Å². The van der Waals surface area contributed by atoms with E-state index in [2.05, 4.69) is 22.4 Å². The maximum atomic E-state index is 5.96. The van der Waals surface area contributed by atoms with Crippen molar-refractivity contribution in [1.29, 1.82) is 0 Å². The number of hydrogen-bond donors (Lipinski definition) is 1. The van der Waals surface area contributed by atoms with Crippen molar-refractivity contribution in [3.05, 3.63) is 18.2 Å². The first-order chi connectivity index (χ1) is 9.26. The van der Waals surface area contributed by atoms with Gasteiger partial charge in [-0.1, -0.05) is 13.3 Å². The highest BCUT2D eigenvalue weighted by molar-refractivity contribution is 5.66. The van der Waals surface area contributed by atoms with E-state index < -0.39 is 0 Å². The molecular formula is C13H19N5O. The van der Waals surface area contributed by atoms with E-state index in [1.165, 1.54) is 0 Å². The first kappa shape index (κ1) is 13.3. The van der Waals surface area contributed by atoms with Crippen molar-refractivity contribution in [3.63, 3.8) is 0 Å². The number of nitrogen functional groups attached to an aromatic ring is 1. The molecule has 2 N–H and O–H groups in total. The third-order valence-electron chi connectivity index (χ3n) is 2.82. The number of benzene rings is 1. The molecule has 2 rings (SSSR count). The molecular weight excluding hydrogens is 242 g/mol. The molecule has 1 heterocycles. The summed E-state index contributed by atoms with van der Waals surface area (Å²) in [5, 5.41) is 11.8. The van der Waals surface area contributed by atoms with Gasteiger partial charge in [0.05, 0.1) is 12.3 Å². The van der Waals surface area contributed by atoms with Crippen LogP contribution < -0.4 is 10.5 Å². The molecule has 0 aliphatic carbocycles. The molecule has 0 spiro atoms. The Labute approximate surface area is 112 Å². The normalized spacial score (nSPS) is 10.6. The third kappa shape index (κ3) is 3.01. The molecule has 1 aromatic carbocycles. The Balaban J connectivity index is 2.26. The minimum Gasteiger partial charge on any atom is -0.492 e. The Morgan fingerprint density at radius 1 is 1.32 bits per heavy atom. The largest absolute Gasteiger partial charge is 0.492 e. The van der Waals surface area contributed by atoms with Crippen LogP contribution in [0.2, 0.25) is 0 Å². The maximum absolute atomic E-state index is 5.96. The molecule has 0 saturated carbocycles.